The van der Waals surface area contributed by atoms with Crippen molar-refractivity contribution in [2.24, 2.45) is 0 Å². The largest absolute Gasteiger partial charge is 0.497 e. The number of ether oxygens (including phenoxy) is 1. The number of likely N-dealkylation sites (N-methyl/N-ethyl adjacent to an activating group) is 1. The second kappa shape index (κ2) is 9.99. The van der Waals surface area contributed by atoms with Gasteiger partial charge in [-0.2, -0.15) is 5.10 Å². The van der Waals surface area contributed by atoms with Gasteiger partial charge in [-0.3, -0.25) is 9.48 Å². The van der Waals surface area contributed by atoms with Crippen molar-refractivity contribution in [3.8, 4) is 17.0 Å². The summed E-state index contributed by atoms with van der Waals surface area (Å²) in [5.41, 5.74) is 2.92. The lowest BCUT2D eigenvalue weighted by Crippen LogP contribution is -2.34. The highest BCUT2D eigenvalue weighted by atomic mass is 32.2. The Labute approximate surface area is 200 Å². The third-order valence-electron chi connectivity index (χ3n) is 6.17. The van der Waals surface area contributed by atoms with Gasteiger partial charge in [0.1, 0.15) is 5.75 Å². The van der Waals surface area contributed by atoms with Gasteiger partial charge >= 0.3 is 0 Å². The molecule has 0 saturated carbocycles. The molecule has 1 fully saturated rings. The third kappa shape index (κ3) is 5.31. The highest BCUT2D eigenvalue weighted by Crippen LogP contribution is 2.31. The van der Waals surface area contributed by atoms with Gasteiger partial charge in [-0.25, -0.2) is 8.42 Å². The van der Waals surface area contributed by atoms with Gasteiger partial charge in [0.2, 0.25) is 0 Å². The Hall–Kier alpha value is -3.17. The zero-order chi connectivity index (χ0) is 24.3. The number of aromatic nitrogens is 2. The molecule has 4 rings (SSSR count). The van der Waals surface area contributed by atoms with Crippen molar-refractivity contribution in [2.45, 2.75) is 18.5 Å². The molecule has 9 heteroatoms. The molecule has 1 N–H and O–H groups in total. The summed E-state index contributed by atoms with van der Waals surface area (Å²) in [4.78, 5) is 15.2. The number of hydrogen-bond donors (Lipinski definition) is 1. The quantitative estimate of drug-likeness (QED) is 0.531. The lowest BCUT2D eigenvalue weighted by atomic mass is 10.1. The summed E-state index contributed by atoms with van der Waals surface area (Å²) in [5, 5.41) is 7.57. The van der Waals surface area contributed by atoms with Gasteiger partial charge in [0.25, 0.3) is 5.91 Å². The van der Waals surface area contributed by atoms with E-state index in [2.05, 4.69) is 15.3 Å². The number of nitrogens with zero attached hydrogens (tertiary/aromatic N) is 3. The molecule has 2 heterocycles. The summed E-state index contributed by atoms with van der Waals surface area (Å²) in [6.45, 7) is 0.415. The maximum Gasteiger partial charge on any atom is 0.271 e. The molecule has 1 aliphatic rings. The van der Waals surface area contributed by atoms with Gasteiger partial charge < -0.3 is 15.0 Å². The lowest BCUT2D eigenvalue weighted by molar-refractivity contribution is 0.0936. The number of carbonyl (C=O) groups excluding carboxylic acids is 1. The third-order valence-corrected chi connectivity index (χ3v) is 7.92. The minimum absolute atomic E-state index is 0.00766. The number of hydrogen-bond acceptors (Lipinski definition) is 6. The predicted molar refractivity (Wildman–Crippen MR) is 132 cm³/mol. The molecular weight excluding hydrogens is 452 g/mol. The van der Waals surface area contributed by atoms with E-state index in [0.717, 1.165) is 11.1 Å². The van der Waals surface area contributed by atoms with E-state index in [1.54, 1.807) is 17.9 Å². The van der Waals surface area contributed by atoms with Crippen molar-refractivity contribution < 1.29 is 17.9 Å². The Morgan fingerprint density at radius 1 is 1.18 bits per heavy atom. The van der Waals surface area contributed by atoms with Crippen molar-refractivity contribution in [1.82, 2.24) is 20.0 Å². The monoisotopic (exact) mass is 482 g/mol. The number of methoxy groups -OCH3 is 1. The molecular formula is C25H30N4O4S. The average Bonchev–Trinajstić information content (AvgIpc) is 3.43. The molecule has 8 nitrogen and oxygen atoms in total. The van der Waals surface area contributed by atoms with Crippen LogP contribution in [0.15, 0.2) is 60.7 Å². The van der Waals surface area contributed by atoms with E-state index in [-0.39, 0.29) is 35.2 Å². The number of carbonyl (C=O) groups is 1. The molecule has 2 atom stereocenters. The molecule has 3 aromatic rings. The maximum atomic E-state index is 13.1. The summed E-state index contributed by atoms with van der Waals surface area (Å²) in [5.74, 6) is 0.571. The Morgan fingerprint density at radius 3 is 2.47 bits per heavy atom. The molecule has 1 aromatic heterocycles. The summed E-state index contributed by atoms with van der Waals surface area (Å²) in [6.07, 6.45) is 0.477. The van der Waals surface area contributed by atoms with Crippen LogP contribution in [0.2, 0.25) is 0 Å². The maximum absolute atomic E-state index is 13.1. The van der Waals surface area contributed by atoms with Gasteiger partial charge in [-0.1, -0.05) is 30.3 Å². The number of rotatable bonds is 8. The average molecular weight is 483 g/mol. The van der Waals surface area contributed by atoms with Crippen LogP contribution < -0.4 is 10.1 Å². The van der Waals surface area contributed by atoms with Gasteiger partial charge in [-0.05, 0) is 56.4 Å². The normalized spacial score (nSPS) is 18.1. The standard InChI is InChI=1S/C25H30N4O4S/c1-28(2)24(18-7-5-4-6-8-18)16-26-25(30)22-15-23(19-9-11-21(33-3)12-10-19)29(27-22)20-13-14-34(31,32)17-20/h4-12,15,20,24H,13-14,16-17H2,1-3H3,(H,26,30)/t20-,24-/m1/s1. The van der Waals surface area contributed by atoms with Crippen LogP contribution in [-0.4, -0.2) is 68.3 Å². The smallest absolute Gasteiger partial charge is 0.271 e. The van der Waals surface area contributed by atoms with Crippen molar-refractivity contribution in [3.05, 3.63) is 71.9 Å². The van der Waals surface area contributed by atoms with E-state index in [1.807, 2.05) is 68.7 Å². The van der Waals surface area contributed by atoms with E-state index in [1.165, 1.54) is 0 Å². The highest BCUT2D eigenvalue weighted by Gasteiger charge is 2.32. The zero-order valence-corrected chi connectivity index (χ0v) is 20.5. The van der Waals surface area contributed by atoms with E-state index in [0.29, 0.717) is 24.4 Å². The summed E-state index contributed by atoms with van der Waals surface area (Å²) in [6, 6.07) is 18.9. The van der Waals surface area contributed by atoms with Gasteiger partial charge in [-0.15, -0.1) is 0 Å². The van der Waals surface area contributed by atoms with Gasteiger partial charge in [0.05, 0.1) is 36.4 Å². The first kappa shape index (κ1) is 24.0. The molecule has 0 aliphatic carbocycles. The topological polar surface area (TPSA) is 93.5 Å². The molecule has 0 radical (unpaired) electrons. The number of sulfone groups is 1. The van der Waals surface area contributed by atoms with Crippen LogP contribution in [0.4, 0.5) is 0 Å². The first-order valence-electron chi connectivity index (χ1n) is 11.2. The Kier molecular flexibility index (Phi) is 7.04. The van der Waals surface area contributed by atoms with Crippen LogP contribution in [0.25, 0.3) is 11.3 Å². The zero-order valence-electron chi connectivity index (χ0n) is 19.6. The molecule has 1 saturated heterocycles. The van der Waals surface area contributed by atoms with E-state index >= 15 is 0 Å². The number of nitrogens with one attached hydrogen (secondary N) is 1. The number of benzene rings is 2. The van der Waals surface area contributed by atoms with Crippen molar-refractivity contribution in [3.63, 3.8) is 0 Å². The van der Waals surface area contributed by atoms with Crippen LogP contribution in [-0.2, 0) is 9.84 Å². The Morgan fingerprint density at radius 2 is 1.88 bits per heavy atom. The predicted octanol–water partition coefficient (Wildman–Crippen LogP) is 2.95. The van der Waals surface area contributed by atoms with E-state index in [4.69, 9.17) is 4.74 Å². The fourth-order valence-corrected chi connectivity index (χ4v) is 5.98. The van der Waals surface area contributed by atoms with Crippen LogP contribution in [0, 0.1) is 0 Å². The van der Waals surface area contributed by atoms with Crippen LogP contribution >= 0.6 is 0 Å². The first-order chi connectivity index (χ1) is 16.3. The first-order valence-corrected chi connectivity index (χ1v) is 13.0. The molecule has 0 spiro atoms. The molecule has 0 bridgehead atoms. The van der Waals surface area contributed by atoms with Gasteiger partial charge in [0.15, 0.2) is 15.5 Å². The molecule has 180 valence electrons. The minimum Gasteiger partial charge on any atom is -0.497 e. The fourth-order valence-electron chi connectivity index (χ4n) is 4.28. The number of amides is 1. The molecule has 2 aromatic carbocycles. The SMILES string of the molecule is COc1ccc(-c2cc(C(=O)NC[C@H](c3ccccc3)N(C)C)nn2[C@@H]2CCS(=O)(=O)C2)cc1. The minimum atomic E-state index is -3.11. The van der Waals surface area contributed by atoms with Gasteiger partial charge in [0, 0.05) is 12.1 Å². The van der Waals surface area contributed by atoms with Crippen LogP contribution in [0.1, 0.15) is 34.6 Å². The Bertz CT molecular complexity index is 1240. The fraction of sp³-hybridized carbons (Fsp3) is 0.360. The van der Waals surface area contributed by atoms with E-state index < -0.39 is 9.84 Å². The van der Waals surface area contributed by atoms with Crippen molar-refractivity contribution >= 4 is 15.7 Å². The molecule has 1 aliphatic heterocycles. The van der Waals surface area contributed by atoms with Crippen LogP contribution in [0.3, 0.4) is 0 Å². The van der Waals surface area contributed by atoms with E-state index in [9.17, 15) is 13.2 Å². The van der Waals surface area contributed by atoms with Crippen molar-refractivity contribution in [1.29, 1.82) is 0 Å². The van der Waals surface area contributed by atoms with Crippen LogP contribution in [0.5, 0.6) is 5.75 Å². The highest BCUT2D eigenvalue weighted by molar-refractivity contribution is 7.91. The summed E-state index contributed by atoms with van der Waals surface area (Å²) < 4.78 is 31.2. The second-order valence-electron chi connectivity index (χ2n) is 8.74. The van der Waals surface area contributed by atoms with Crippen molar-refractivity contribution in [2.75, 3.05) is 39.3 Å². The summed E-state index contributed by atoms with van der Waals surface area (Å²) >= 11 is 0. The summed E-state index contributed by atoms with van der Waals surface area (Å²) in [7, 11) is 2.43. The molecule has 1 amide bonds. The second-order valence-corrected chi connectivity index (χ2v) is 11.0. The molecule has 0 unspecified atom stereocenters. The Balaban J connectivity index is 1.60. The lowest BCUT2D eigenvalue weighted by Gasteiger charge is -2.24. The molecule has 34 heavy (non-hydrogen) atoms.